The van der Waals surface area contributed by atoms with Gasteiger partial charge >= 0.3 is 0 Å². The first-order chi connectivity index (χ1) is 18.0. The fraction of sp³-hybridized carbons (Fsp3) is 0.353. The molecule has 0 aliphatic rings. The second-order valence-electron chi connectivity index (χ2n) is 9.76. The average molecular weight is 495 g/mol. The smallest absolute Gasteiger partial charge is 0.126 e. The number of anilines is 2. The Hall–Kier alpha value is -3.46. The number of methoxy groups -OCH3 is 1. The molecular formula is C34H42N2O. The van der Waals surface area contributed by atoms with Crippen LogP contribution in [0.5, 0.6) is 5.75 Å². The first kappa shape index (κ1) is 26.6. The third-order valence-electron chi connectivity index (χ3n) is 7.85. The van der Waals surface area contributed by atoms with E-state index in [1.165, 1.54) is 44.6 Å². The minimum absolute atomic E-state index is 0.0989. The van der Waals surface area contributed by atoms with E-state index in [4.69, 9.17) is 4.74 Å². The van der Waals surface area contributed by atoms with Crippen LogP contribution in [0.4, 0.5) is 11.4 Å². The quantitative estimate of drug-likeness (QED) is 0.206. The summed E-state index contributed by atoms with van der Waals surface area (Å²) in [7, 11) is 1.76. The number of ether oxygens (including phenoxy) is 1. The third-order valence-corrected chi connectivity index (χ3v) is 7.85. The molecule has 0 saturated heterocycles. The fourth-order valence-corrected chi connectivity index (χ4v) is 5.68. The second-order valence-corrected chi connectivity index (χ2v) is 9.76. The minimum atomic E-state index is 0.0989. The maximum Gasteiger partial charge on any atom is 0.126 e. The van der Waals surface area contributed by atoms with Gasteiger partial charge in [0.1, 0.15) is 5.75 Å². The van der Waals surface area contributed by atoms with Crippen molar-refractivity contribution in [1.29, 1.82) is 0 Å². The van der Waals surface area contributed by atoms with Crippen LogP contribution in [-0.4, -0.2) is 33.3 Å². The van der Waals surface area contributed by atoms with Crippen LogP contribution in [0.1, 0.15) is 61.4 Å². The van der Waals surface area contributed by atoms with Gasteiger partial charge in [-0.2, -0.15) is 0 Å². The van der Waals surface area contributed by atoms with Crippen molar-refractivity contribution in [3.8, 4) is 5.75 Å². The van der Waals surface area contributed by atoms with Gasteiger partial charge in [0.05, 0.1) is 7.11 Å². The normalized spacial score (nSPS) is 11.2. The summed E-state index contributed by atoms with van der Waals surface area (Å²) >= 11 is 0. The van der Waals surface area contributed by atoms with Crippen LogP contribution in [0.15, 0.2) is 72.8 Å². The maximum atomic E-state index is 5.77. The average Bonchev–Trinajstić information content (AvgIpc) is 2.93. The van der Waals surface area contributed by atoms with Crippen LogP contribution >= 0.6 is 0 Å². The Kier molecular flexibility index (Phi) is 8.43. The van der Waals surface area contributed by atoms with Gasteiger partial charge in [0.15, 0.2) is 0 Å². The van der Waals surface area contributed by atoms with Crippen LogP contribution in [0.3, 0.4) is 0 Å². The number of nitrogens with zero attached hydrogens (tertiary/aromatic N) is 2. The van der Waals surface area contributed by atoms with Crippen molar-refractivity contribution >= 4 is 22.1 Å². The molecule has 0 amide bonds. The largest absolute Gasteiger partial charge is 0.496 e. The zero-order valence-electron chi connectivity index (χ0n) is 23.6. The first-order valence-electron chi connectivity index (χ1n) is 13.7. The zero-order chi connectivity index (χ0) is 26.5. The van der Waals surface area contributed by atoms with E-state index in [2.05, 4.69) is 124 Å². The number of aryl methyl sites for hydroxylation is 2. The Labute approximate surface area is 223 Å². The van der Waals surface area contributed by atoms with Crippen molar-refractivity contribution < 1.29 is 4.74 Å². The number of benzene rings is 4. The lowest BCUT2D eigenvalue weighted by Gasteiger charge is -2.29. The maximum absolute atomic E-state index is 5.77. The number of hydrogen-bond acceptors (Lipinski definition) is 3. The van der Waals surface area contributed by atoms with Gasteiger partial charge in [0.25, 0.3) is 0 Å². The van der Waals surface area contributed by atoms with Gasteiger partial charge < -0.3 is 14.5 Å². The van der Waals surface area contributed by atoms with E-state index < -0.39 is 0 Å². The van der Waals surface area contributed by atoms with Crippen molar-refractivity contribution in [3.05, 3.63) is 101 Å². The van der Waals surface area contributed by atoms with E-state index in [1.54, 1.807) is 7.11 Å². The van der Waals surface area contributed by atoms with Gasteiger partial charge in [-0.25, -0.2) is 0 Å². The fourth-order valence-electron chi connectivity index (χ4n) is 5.68. The molecule has 0 spiro atoms. The summed E-state index contributed by atoms with van der Waals surface area (Å²) in [5, 5.41) is 2.40. The molecule has 194 valence electrons. The number of hydrogen-bond donors (Lipinski definition) is 0. The summed E-state index contributed by atoms with van der Waals surface area (Å²) in [6.45, 7) is 17.4. The van der Waals surface area contributed by atoms with E-state index in [1.807, 2.05) is 0 Å². The van der Waals surface area contributed by atoms with E-state index >= 15 is 0 Å². The van der Waals surface area contributed by atoms with Crippen LogP contribution in [0, 0.1) is 13.8 Å². The molecule has 4 aromatic carbocycles. The second kappa shape index (κ2) is 11.7. The molecule has 3 heteroatoms. The molecule has 0 bridgehead atoms. The zero-order valence-corrected chi connectivity index (χ0v) is 23.6. The van der Waals surface area contributed by atoms with Gasteiger partial charge in [-0.15, -0.1) is 0 Å². The third kappa shape index (κ3) is 5.18. The molecule has 0 heterocycles. The molecule has 0 atom stereocenters. The van der Waals surface area contributed by atoms with Crippen LogP contribution < -0.4 is 14.5 Å². The molecule has 0 aliphatic heterocycles. The minimum Gasteiger partial charge on any atom is -0.496 e. The highest BCUT2D eigenvalue weighted by Crippen LogP contribution is 2.43. The van der Waals surface area contributed by atoms with E-state index in [9.17, 15) is 0 Å². The van der Waals surface area contributed by atoms with Crippen LogP contribution in [0.25, 0.3) is 10.8 Å². The van der Waals surface area contributed by atoms with E-state index in [0.29, 0.717) is 0 Å². The Morgan fingerprint density at radius 1 is 0.595 bits per heavy atom. The Morgan fingerprint density at radius 3 is 1.54 bits per heavy atom. The summed E-state index contributed by atoms with van der Waals surface area (Å²) in [5.41, 5.74) is 9.23. The summed E-state index contributed by atoms with van der Waals surface area (Å²) in [4.78, 5) is 4.87. The summed E-state index contributed by atoms with van der Waals surface area (Å²) in [6, 6.07) is 27.1. The van der Waals surface area contributed by atoms with Crippen molar-refractivity contribution in [1.82, 2.24) is 0 Å². The molecule has 0 radical (unpaired) electrons. The summed E-state index contributed by atoms with van der Waals surface area (Å²) in [6.07, 6.45) is 0. The highest BCUT2D eigenvalue weighted by molar-refractivity contribution is 5.92. The van der Waals surface area contributed by atoms with Gasteiger partial charge in [0.2, 0.25) is 0 Å². The Bertz CT molecular complexity index is 1290. The molecule has 0 unspecified atom stereocenters. The van der Waals surface area contributed by atoms with Crippen molar-refractivity contribution in [3.63, 3.8) is 0 Å². The van der Waals surface area contributed by atoms with Crippen molar-refractivity contribution in [2.24, 2.45) is 0 Å². The molecular weight excluding hydrogens is 452 g/mol. The highest BCUT2D eigenvalue weighted by Gasteiger charge is 2.25. The molecule has 3 nitrogen and oxygen atoms in total. The van der Waals surface area contributed by atoms with Gasteiger partial charge in [0, 0.05) is 48.9 Å². The summed E-state index contributed by atoms with van der Waals surface area (Å²) in [5.74, 6) is 1.02. The first-order valence-corrected chi connectivity index (χ1v) is 13.7. The lowest BCUT2D eigenvalue weighted by atomic mass is 9.79. The molecule has 0 saturated carbocycles. The number of fused-ring (bicyclic) bond motifs is 1. The Balaban J connectivity index is 2.05. The molecule has 4 aromatic rings. The van der Waals surface area contributed by atoms with Gasteiger partial charge in [-0.1, -0.05) is 42.5 Å². The van der Waals surface area contributed by atoms with Crippen molar-refractivity contribution in [2.45, 2.75) is 47.5 Å². The van der Waals surface area contributed by atoms with Crippen molar-refractivity contribution in [2.75, 3.05) is 43.1 Å². The molecule has 0 aromatic heterocycles. The predicted octanol–water partition coefficient (Wildman–Crippen LogP) is 8.34. The van der Waals surface area contributed by atoms with E-state index in [0.717, 1.165) is 37.3 Å². The molecule has 0 aliphatic carbocycles. The summed E-state index contributed by atoms with van der Waals surface area (Å²) < 4.78 is 5.77. The predicted molar refractivity (Wildman–Crippen MR) is 161 cm³/mol. The molecule has 0 N–H and O–H groups in total. The lowest BCUT2D eigenvalue weighted by molar-refractivity contribution is 0.419. The highest BCUT2D eigenvalue weighted by atomic mass is 16.5. The number of rotatable bonds is 10. The molecule has 0 fully saturated rings. The Morgan fingerprint density at radius 2 is 1.08 bits per heavy atom. The SMILES string of the molecule is CCN(CC)c1ccc(C)c(C(c2cc(N(CC)CC)ccc2C)c2ccc(OC)c3ccccc23)c1. The van der Waals surface area contributed by atoms with Crippen LogP contribution in [0.2, 0.25) is 0 Å². The van der Waals surface area contributed by atoms with Gasteiger partial charge in [-0.3, -0.25) is 0 Å². The van der Waals surface area contributed by atoms with E-state index in [-0.39, 0.29) is 5.92 Å². The van der Waals surface area contributed by atoms with Crippen LogP contribution in [-0.2, 0) is 0 Å². The standard InChI is InChI=1S/C34H42N2O/c1-8-35(9-2)26-18-16-24(5)31(22-26)34(32-23-27(19-17-25(32)6)36(10-3)11-4)30-20-21-33(37-7)29-15-13-12-14-28(29)30/h12-23,34H,8-11H2,1-7H3. The molecule has 4 rings (SSSR count). The van der Waals surface area contributed by atoms with Gasteiger partial charge in [-0.05, 0) is 105 Å². The lowest BCUT2D eigenvalue weighted by Crippen LogP contribution is -2.23. The topological polar surface area (TPSA) is 15.7 Å². The molecule has 37 heavy (non-hydrogen) atoms. The monoisotopic (exact) mass is 494 g/mol.